The first-order valence-corrected chi connectivity index (χ1v) is 6.12. The van der Waals surface area contributed by atoms with E-state index in [0.717, 1.165) is 18.2 Å². The van der Waals surface area contributed by atoms with Gasteiger partial charge in [-0.3, -0.25) is 4.79 Å². The van der Waals surface area contributed by atoms with Crippen molar-refractivity contribution in [3.8, 4) is 11.5 Å². The number of carbonyl (C=O) groups is 3. The van der Waals surface area contributed by atoms with Crippen molar-refractivity contribution in [3.05, 3.63) is 23.8 Å². The Morgan fingerprint density at radius 1 is 1.32 bits per heavy atom. The number of phenols is 2. The fourth-order valence-corrected chi connectivity index (χ4v) is 1.88. The van der Waals surface area contributed by atoms with Crippen molar-refractivity contribution >= 4 is 17.7 Å². The molecule has 1 unspecified atom stereocenters. The lowest BCUT2D eigenvalue weighted by molar-refractivity contribution is -0.152. The van der Waals surface area contributed by atoms with Gasteiger partial charge in [0.1, 0.15) is 23.2 Å². The average molecular weight is 312 g/mol. The van der Waals surface area contributed by atoms with Crippen molar-refractivity contribution in [1.82, 2.24) is 0 Å². The summed E-state index contributed by atoms with van der Waals surface area (Å²) >= 11 is 0. The van der Waals surface area contributed by atoms with E-state index in [1.54, 1.807) is 0 Å². The van der Waals surface area contributed by atoms with Crippen LogP contribution in [0.2, 0.25) is 0 Å². The summed E-state index contributed by atoms with van der Waals surface area (Å²) in [5.41, 5.74) is -0.440. The van der Waals surface area contributed by atoms with Gasteiger partial charge in [-0.1, -0.05) is 0 Å². The lowest BCUT2D eigenvalue weighted by atomic mass is 10.1. The molecule has 1 heterocycles. The molecule has 0 radical (unpaired) electrons. The molecule has 1 fully saturated rings. The normalized spacial score (nSPS) is 22.3. The van der Waals surface area contributed by atoms with Crippen LogP contribution >= 0.6 is 0 Å². The highest BCUT2D eigenvalue weighted by Crippen LogP contribution is 2.25. The minimum Gasteiger partial charge on any atom is -0.508 e. The summed E-state index contributed by atoms with van der Waals surface area (Å²) < 4.78 is 9.32. The molecule has 1 aliphatic heterocycles. The molecule has 2 rings (SSSR count). The molecule has 0 aliphatic carbocycles. The quantitative estimate of drug-likeness (QED) is 0.295. The maximum atomic E-state index is 11.9. The minimum absolute atomic E-state index is 0.332. The van der Waals surface area contributed by atoms with Crippen molar-refractivity contribution < 1.29 is 44.3 Å². The maximum Gasteiger partial charge on any atom is 0.379 e. The van der Waals surface area contributed by atoms with Crippen molar-refractivity contribution in [1.29, 1.82) is 0 Å². The minimum atomic E-state index is -1.76. The SMILES string of the molecule is O=C1O[C@H]([C@@H](O)CO)C(OC(=O)c2cc(O)ccc2O)C1=O. The van der Waals surface area contributed by atoms with Gasteiger partial charge in [-0.2, -0.15) is 0 Å². The van der Waals surface area contributed by atoms with Gasteiger partial charge in [-0.25, -0.2) is 9.59 Å². The number of cyclic esters (lactones) is 1. The maximum absolute atomic E-state index is 11.9. The number of benzene rings is 1. The van der Waals surface area contributed by atoms with E-state index >= 15 is 0 Å². The third kappa shape index (κ3) is 2.85. The molecule has 0 bridgehead atoms. The van der Waals surface area contributed by atoms with Gasteiger partial charge in [0.2, 0.25) is 6.10 Å². The molecule has 118 valence electrons. The zero-order valence-electron chi connectivity index (χ0n) is 11.0. The Morgan fingerprint density at radius 3 is 2.64 bits per heavy atom. The summed E-state index contributed by atoms with van der Waals surface area (Å²) in [6, 6.07) is 3.05. The number of carbonyl (C=O) groups excluding carboxylic acids is 3. The Hall–Kier alpha value is -2.65. The summed E-state index contributed by atoms with van der Waals surface area (Å²) in [6.45, 7) is -0.823. The molecule has 3 atom stereocenters. The highest BCUT2D eigenvalue weighted by Gasteiger charge is 2.49. The molecule has 4 N–H and O–H groups in total. The Morgan fingerprint density at radius 2 is 2.00 bits per heavy atom. The van der Waals surface area contributed by atoms with Crippen LogP contribution in [0.3, 0.4) is 0 Å². The van der Waals surface area contributed by atoms with Crippen molar-refractivity contribution in [2.75, 3.05) is 6.61 Å². The molecule has 22 heavy (non-hydrogen) atoms. The fourth-order valence-electron chi connectivity index (χ4n) is 1.88. The van der Waals surface area contributed by atoms with Gasteiger partial charge in [-0.05, 0) is 18.2 Å². The van der Waals surface area contributed by atoms with E-state index in [2.05, 4.69) is 4.74 Å². The summed E-state index contributed by atoms with van der Waals surface area (Å²) in [6.07, 6.45) is -4.93. The summed E-state index contributed by atoms with van der Waals surface area (Å²) in [7, 11) is 0. The third-order valence-electron chi connectivity index (χ3n) is 3.00. The molecule has 1 aliphatic rings. The van der Waals surface area contributed by atoms with Crippen LogP contribution in [0.4, 0.5) is 0 Å². The number of esters is 2. The van der Waals surface area contributed by atoms with Crippen molar-refractivity contribution in [2.45, 2.75) is 18.3 Å². The molecule has 0 aromatic heterocycles. The first-order valence-electron chi connectivity index (χ1n) is 6.12. The van der Waals surface area contributed by atoms with Crippen LogP contribution in [0.5, 0.6) is 11.5 Å². The number of ketones is 1. The zero-order chi connectivity index (χ0) is 16.4. The zero-order valence-corrected chi connectivity index (χ0v) is 11.0. The summed E-state index contributed by atoms with van der Waals surface area (Å²) in [4.78, 5) is 34.7. The monoisotopic (exact) mass is 312 g/mol. The molecule has 0 saturated carbocycles. The van der Waals surface area contributed by atoms with Gasteiger partial charge in [-0.15, -0.1) is 0 Å². The van der Waals surface area contributed by atoms with E-state index in [1.807, 2.05) is 0 Å². The first kappa shape index (κ1) is 15.7. The molecule has 1 aromatic rings. The number of hydrogen-bond donors (Lipinski definition) is 4. The molecule has 9 nitrogen and oxygen atoms in total. The smallest absolute Gasteiger partial charge is 0.379 e. The summed E-state index contributed by atoms with van der Waals surface area (Å²) in [5.74, 6) is -4.57. The predicted octanol–water partition coefficient (Wildman–Crippen LogP) is -1.53. The van der Waals surface area contributed by atoms with E-state index in [9.17, 15) is 29.7 Å². The van der Waals surface area contributed by atoms with Crippen LogP contribution in [0.15, 0.2) is 18.2 Å². The topological polar surface area (TPSA) is 151 Å². The molecule has 1 aromatic carbocycles. The Bertz CT molecular complexity index is 624. The van der Waals surface area contributed by atoms with Gasteiger partial charge >= 0.3 is 11.9 Å². The van der Waals surface area contributed by atoms with E-state index in [4.69, 9.17) is 9.84 Å². The van der Waals surface area contributed by atoms with E-state index in [0.29, 0.717) is 0 Å². The Balaban J connectivity index is 2.23. The number of ether oxygens (including phenoxy) is 2. The lowest BCUT2D eigenvalue weighted by Crippen LogP contribution is -2.41. The van der Waals surface area contributed by atoms with Gasteiger partial charge in [0.05, 0.1) is 6.61 Å². The van der Waals surface area contributed by atoms with E-state index in [1.165, 1.54) is 0 Å². The molecule has 1 saturated heterocycles. The number of aliphatic hydroxyl groups excluding tert-OH is 2. The number of phenolic OH excluding ortho intramolecular Hbond substituents is 2. The highest BCUT2D eigenvalue weighted by atomic mass is 16.6. The lowest BCUT2D eigenvalue weighted by Gasteiger charge is -2.20. The van der Waals surface area contributed by atoms with Crippen LogP contribution < -0.4 is 0 Å². The van der Waals surface area contributed by atoms with Crippen molar-refractivity contribution in [2.24, 2.45) is 0 Å². The predicted molar refractivity (Wildman–Crippen MR) is 67.0 cm³/mol. The number of aromatic hydroxyl groups is 2. The number of rotatable bonds is 4. The largest absolute Gasteiger partial charge is 0.508 e. The summed E-state index contributed by atoms with van der Waals surface area (Å²) in [5, 5.41) is 37.2. The third-order valence-corrected chi connectivity index (χ3v) is 3.00. The van der Waals surface area contributed by atoms with E-state index in [-0.39, 0.29) is 5.75 Å². The van der Waals surface area contributed by atoms with Crippen LogP contribution in [0.25, 0.3) is 0 Å². The Kier molecular flexibility index (Phi) is 4.29. The average Bonchev–Trinajstić information content (AvgIpc) is 2.77. The second kappa shape index (κ2) is 6.00. The van der Waals surface area contributed by atoms with Crippen LogP contribution in [-0.2, 0) is 19.1 Å². The molecule has 0 amide bonds. The standard InChI is InChI=1S/C13H12O9/c14-4-8(17)10-11(9(18)13(20)21-10)22-12(19)6-3-5(15)1-2-7(6)16/h1-3,8,10-11,14-17H,4H2/t8-,10+,11?/m0/s1. The first-order chi connectivity index (χ1) is 10.3. The second-order valence-corrected chi connectivity index (χ2v) is 4.51. The fraction of sp³-hybridized carbons (Fsp3) is 0.308. The molecule has 9 heteroatoms. The van der Waals surface area contributed by atoms with Crippen LogP contribution in [0, 0.1) is 0 Å². The number of hydrogen-bond acceptors (Lipinski definition) is 9. The van der Waals surface area contributed by atoms with Crippen molar-refractivity contribution in [3.63, 3.8) is 0 Å². The van der Waals surface area contributed by atoms with Gasteiger partial charge in [0, 0.05) is 0 Å². The van der Waals surface area contributed by atoms with Crippen LogP contribution in [0.1, 0.15) is 10.4 Å². The van der Waals surface area contributed by atoms with Gasteiger partial charge in [0.15, 0.2) is 6.10 Å². The molecule has 0 spiro atoms. The van der Waals surface area contributed by atoms with Gasteiger partial charge in [0.25, 0.3) is 5.78 Å². The van der Waals surface area contributed by atoms with Crippen LogP contribution in [-0.4, -0.2) is 63.1 Å². The number of aliphatic hydroxyl groups is 2. The molecular weight excluding hydrogens is 300 g/mol. The Labute approximate surface area is 123 Å². The second-order valence-electron chi connectivity index (χ2n) is 4.51. The molecular formula is C13H12O9. The van der Waals surface area contributed by atoms with E-state index < -0.39 is 54.0 Å². The number of Topliss-reactive ketones (excluding diaryl/α,β-unsaturated/α-hetero) is 1. The van der Waals surface area contributed by atoms with Gasteiger partial charge < -0.3 is 29.9 Å². The highest BCUT2D eigenvalue weighted by molar-refractivity contribution is 6.37.